The fourth-order valence-electron chi connectivity index (χ4n) is 0.965. The van der Waals surface area contributed by atoms with Crippen LogP contribution in [0.2, 0.25) is 0 Å². The number of carbonyl (C=O) groups excluding carboxylic acids is 2. The number of rotatable bonds is 2. The van der Waals surface area contributed by atoms with E-state index in [2.05, 4.69) is 17.9 Å². The zero-order valence-electron chi connectivity index (χ0n) is 8.95. The minimum atomic E-state index is -0.641. The first-order valence-electron chi connectivity index (χ1n) is 4.63. The van der Waals surface area contributed by atoms with Gasteiger partial charge in [-0.05, 0) is 12.2 Å². The predicted octanol–water partition coefficient (Wildman–Crippen LogP) is 2.32. The molecule has 0 atom stereocenters. The maximum atomic E-state index is 11.0. The molecule has 1 rings (SSSR count). The smallest absolute Gasteiger partial charge is 0.346 e. The van der Waals surface area contributed by atoms with E-state index in [0.29, 0.717) is 0 Å². The molecule has 3 heteroatoms. The Hall–Kier alpha value is -1.90. The number of carbonyl (C=O) groups is 2. The zero-order valence-corrected chi connectivity index (χ0v) is 8.95. The predicted molar refractivity (Wildman–Crippen MR) is 59.0 cm³/mol. The van der Waals surface area contributed by atoms with Crippen molar-refractivity contribution in [1.82, 2.24) is 0 Å². The molecule has 0 unspecified atom stereocenters. The number of ether oxygens (including phenoxy) is 1. The maximum Gasteiger partial charge on any atom is 0.346 e. The van der Waals surface area contributed by atoms with Gasteiger partial charge in [0.05, 0.1) is 11.1 Å². The average Bonchev–Trinajstić information content (AvgIpc) is 2.49. The number of cyclic esters (lactones) is 2. The topological polar surface area (TPSA) is 43.4 Å². The molecule has 0 amide bonds. The van der Waals surface area contributed by atoms with E-state index in [9.17, 15) is 9.59 Å². The lowest BCUT2D eigenvalue weighted by molar-refractivity contribution is -0.149. The molecule has 0 bridgehead atoms. The van der Waals surface area contributed by atoms with Gasteiger partial charge in [-0.15, -0.1) is 0 Å². The van der Waals surface area contributed by atoms with Crippen molar-refractivity contribution in [1.29, 1.82) is 0 Å². The van der Waals surface area contributed by atoms with E-state index in [4.69, 9.17) is 0 Å². The van der Waals surface area contributed by atoms with Gasteiger partial charge in [0.25, 0.3) is 0 Å². The molecule has 0 aromatic heterocycles. The molecule has 1 aliphatic heterocycles. The van der Waals surface area contributed by atoms with Gasteiger partial charge < -0.3 is 4.74 Å². The van der Waals surface area contributed by atoms with E-state index in [1.807, 2.05) is 13.8 Å². The van der Waals surface area contributed by atoms with Crippen molar-refractivity contribution in [3.05, 3.63) is 48.6 Å². The minimum absolute atomic E-state index is 0.222. The molecule has 0 saturated carbocycles. The van der Waals surface area contributed by atoms with Crippen molar-refractivity contribution in [2.45, 2.75) is 13.8 Å². The summed E-state index contributed by atoms with van der Waals surface area (Å²) in [5, 5.41) is 0. The van der Waals surface area contributed by atoms with Crippen LogP contribution in [0.1, 0.15) is 13.8 Å². The van der Waals surface area contributed by atoms with E-state index in [-0.39, 0.29) is 11.1 Å². The van der Waals surface area contributed by atoms with E-state index >= 15 is 0 Å². The van der Waals surface area contributed by atoms with Crippen LogP contribution >= 0.6 is 0 Å². The lowest BCUT2D eigenvalue weighted by Gasteiger charge is -1.87. The summed E-state index contributed by atoms with van der Waals surface area (Å²) in [5.41, 5.74) is 0.444. The molecule has 0 N–H and O–H groups in total. The zero-order chi connectivity index (χ0) is 11.8. The summed E-state index contributed by atoms with van der Waals surface area (Å²) < 4.78 is 4.38. The van der Waals surface area contributed by atoms with Gasteiger partial charge in [-0.25, -0.2) is 9.59 Å². The van der Waals surface area contributed by atoms with Crippen molar-refractivity contribution < 1.29 is 14.3 Å². The Labute approximate surface area is 89.4 Å². The van der Waals surface area contributed by atoms with Gasteiger partial charge in [0.2, 0.25) is 0 Å². The molecule has 0 radical (unpaired) electrons. The van der Waals surface area contributed by atoms with E-state index in [1.54, 1.807) is 0 Å². The summed E-state index contributed by atoms with van der Waals surface area (Å²) in [4.78, 5) is 22.1. The molecular weight excluding hydrogens is 192 g/mol. The van der Waals surface area contributed by atoms with Crippen molar-refractivity contribution >= 4 is 11.9 Å². The van der Waals surface area contributed by atoms with Crippen LogP contribution in [0.4, 0.5) is 0 Å². The molecule has 0 aromatic carbocycles. The SMILES string of the molecule is C=C/C=C1/C(=O)OC(=O)/C1=C/C=C.CC. The Kier molecular flexibility index (Phi) is 5.71. The van der Waals surface area contributed by atoms with E-state index in [0.717, 1.165) is 0 Å². The molecule has 1 saturated heterocycles. The summed E-state index contributed by atoms with van der Waals surface area (Å²) >= 11 is 0. The van der Waals surface area contributed by atoms with Crippen LogP contribution in [0.3, 0.4) is 0 Å². The molecule has 15 heavy (non-hydrogen) atoms. The van der Waals surface area contributed by atoms with E-state index < -0.39 is 11.9 Å². The third-order valence-electron chi connectivity index (χ3n) is 1.48. The lowest BCUT2D eigenvalue weighted by Crippen LogP contribution is -1.96. The second-order valence-corrected chi connectivity index (χ2v) is 2.31. The summed E-state index contributed by atoms with van der Waals surface area (Å²) in [6, 6.07) is 0. The fourth-order valence-corrected chi connectivity index (χ4v) is 0.965. The monoisotopic (exact) mass is 206 g/mol. The Morgan fingerprint density at radius 1 is 0.933 bits per heavy atom. The Balaban J connectivity index is 0.000000921. The Morgan fingerprint density at radius 2 is 1.27 bits per heavy atom. The van der Waals surface area contributed by atoms with Crippen molar-refractivity contribution in [2.75, 3.05) is 0 Å². The molecule has 1 aliphatic rings. The maximum absolute atomic E-state index is 11.0. The summed E-state index contributed by atoms with van der Waals surface area (Å²) in [7, 11) is 0. The summed E-state index contributed by atoms with van der Waals surface area (Å²) in [6.07, 6.45) is 5.71. The molecule has 1 heterocycles. The third-order valence-corrected chi connectivity index (χ3v) is 1.48. The normalized spacial score (nSPS) is 19.6. The Bertz CT molecular complexity index is 312. The van der Waals surface area contributed by atoms with Crippen molar-refractivity contribution in [3.8, 4) is 0 Å². The first-order valence-corrected chi connectivity index (χ1v) is 4.63. The highest BCUT2D eigenvalue weighted by atomic mass is 16.6. The van der Waals surface area contributed by atoms with Gasteiger partial charge in [-0.1, -0.05) is 39.2 Å². The fraction of sp³-hybridized carbons (Fsp3) is 0.167. The average molecular weight is 206 g/mol. The van der Waals surface area contributed by atoms with Gasteiger partial charge >= 0.3 is 11.9 Å². The van der Waals surface area contributed by atoms with Crippen LogP contribution in [-0.4, -0.2) is 11.9 Å². The minimum Gasteiger partial charge on any atom is -0.386 e. The van der Waals surface area contributed by atoms with E-state index in [1.165, 1.54) is 24.3 Å². The number of esters is 2. The standard InChI is InChI=1S/C10H8O3.C2H6/c1-3-5-7-8(6-4-2)10(12)13-9(7)11;1-2/h3-6H,1-2H2;1-2H3/b7-5+,8-6+;. The largest absolute Gasteiger partial charge is 0.386 e. The van der Waals surface area contributed by atoms with Crippen molar-refractivity contribution in [2.24, 2.45) is 0 Å². The molecule has 0 aliphatic carbocycles. The molecule has 3 nitrogen and oxygen atoms in total. The van der Waals surface area contributed by atoms with Crippen LogP contribution in [0.5, 0.6) is 0 Å². The van der Waals surface area contributed by atoms with Gasteiger partial charge in [0.15, 0.2) is 0 Å². The molecular formula is C12H14O3. The van der Waals surface area contributed by atoms with Crippen LogP contribution < -0.4 is 0 Å². The second-order valence-electron chi connectivity index (χ2n) is 2.31. The van der Waals surface area contributed by atoms with Gasteiger partial charge in [-0.3, -0.25) is 0 Å². The molecule has 0 aromatic rings. The van der Waals surface area contributed by atoms with Gasteiger partial charge in [-0.2, -0.15) is 0 Å². The first kappa shape index (κ1) is 13.1. The third kappa shape index (κ3) is 3.06. The summed E-state index contributed by atoms with van der Waals surface area (Å²) in [5.74, 6) is -1.28. The van der Waals surface area contributed by atoms with Crippen LogP contribution in [0.15, 0.2) is 48.6 Å². The number of hydrogen-bond donors (Lipinski definition) is 0. The van der Waals surface area contributed by atoms with Crippen molar-refractivity contribution in [3.63, 3.8) is 0 Å². The van der Waals surface area contributed by atoms with Crippen LogP contribution in [0.25, 0.3) is 0 Å². The van der Waals surface area contributed by atoms with Gasteiger partial charge in [0, 0.05) is 0 Å². The molecule has 0 spiro atoms. The van der Waals surface area contributed by atoms with Crippen LogP contribution in [0, 0.1) is 0 Å². The quantitative estimate of drug-likeness (QED) is 0.395. The highest BCUT2D eigenvalue weighted by Gasteiger charge is 2.32. The highest BCUT2D eigenvalue weighted by molar-refractivity contribution is 6.18. The highest BCUT2D eigenvalue weighted by Crippen LogP contribution is 2.21. The number of hydrogen-bond acceptors (Lipinski definition) is 3. The number of allylic oxidation sites excluding steroid dienone is 4. The molecule has 1 fully saturated rings. The Morgan fingerprint density at radius 3 is 1.53 bits per heavy atom. The summed E-state index contributed by atoms with van der Waals surface area (Å²) in [6.45, 7) is 10.9. The van der Waals surface area contributed by atoms with Crippen LogP contribution in [-0.2, 0) is 14.3 Å². The first-order chi connectivity index (χ1) is 7.20. The van der Waals surface area contributed by atoms with Gasteiger partial charge in [0.1, 0.15) is 0 Å². The molecule has 80 valence electrons. The second kappa shape index (κ2) is 6.54. The lowest BCUT2D eigenvalue weighted by atomic mass is 10.1.